The summed E-state index contributed by atoms with van der Waals surface area (Å²) in [6, 6.07) is 14.2. The van der Waals surface area contributed by atoms with Crippen molar-refractivity contribution in [3.63, 3.8) is 0 Å². The molecule has 0 saturated carbocycles. The second-order valence-electron chi connectivity index (χ2n) is 6.37. The molecule has 0 bridgehead atoms. The molecule has 0 atom stereocenters. The summed E-state index contributed by atoms with van der Waals surface area (Å²) >= 11 is 3.50. The van der Waals surface area contributed by atoms with E-state index >= 15 is 0 Å². The Morgan fingerprint density at radius 1 is 1.28 bits per heavy atom. The van der Waals surface area contributed by atoms with Crippen molar-refractivity contribution in [3.8, 4) is 5.75 Å². The summed E-state index contributed by atoms with van der Waals surface area (Å²) in [4.78, 5) is 16.7. The molecule has 1 aliphatic rings. The molecule has 0 unspecified atom stereocenters. The van der Waals surface area contributed by atoms with E-state index < -0.39 is 0 Å². The highest BCUT2D eigenvalue weighted by atomic mass is 79.9. The molecule has 25 heavy (non-hydrogen) atoms. The molecule has 0 aliphatic carbocycles. The van der Waals surface area contributed by atoms with E-state index in [1.165, 1.54) is 5.56 Å². The second kappa shape index (κ2) is 8.02. The first-order valence-corrected chi connectivity index (χ1v) is 9.27. The van der Waals surface area contributed by atoms with Gasteiger partial charge in [0.05, 0.1) is 7.11 Å². The first kappa shape index (κ1) is 18.0. The van der Waals surface area contributed by atoms with Crippen LogP contribution in [0.2, 0.25) is 0 Å². The van der Waals surface area contributed by atoms with Crippen molar-refractivity contribution < 1.29 is 9.53 Å². The third-order valence-corrected chi connectivity index (χ3v) is 5.07. The number of methoxy groups -OCH3 is 1. The van der Waals surface area contributed by atoms with Gasteiger partial charge in [0.1, 0.15) is 5.75 Å². The number of anilines is 1. The molecule has 0 spiro atoms. The Balaban J connectivity index is 1.57. The first-order valence-electron chi connectivity index (χ1n) is 8.47. The number of rotatable bonds is 6. The summed E-state index contributed by atoms with van der Waals surface area (Å²) in [5.41, 5.74) is 3.45. The summed E-state index contributed by atoms with van der Waals surface area (Å²) < 4.78 is 6.45. The Morgan fingerprint density at radius 3 is 2.88 bits per heavy atom. The Morgan fingerprint density at radius 2 is 2.08 bits per heavy atom. The number of amides is 1. The van der Waals surface area contributed by atoms with Gasteiger partial charge in [0, 0.05) is 41.8 Å². The minimum atomic E-state index is 0.193. The van der Waals surface area contributed by atoms with Gasteiger partial charge in [-0.3, -0.25) is 4.79 Å². The Kier molecular flexibility index (Phi) is 5.76. The maximum atomic E-state index is 12.6. The van der Waals surface area contributed by atoms with E-state index in [4.69, 9.17) is 4.74 Å². The van der Waals surface area contributed by atoms with Gasteiger partial charge in [0.25, 0.3) is 0 Å². The van der Waals surface area contributed by atoms with Crippen molar-refractivity contribution in [3.05, 3.63) is 58.1 Å². The predicted octanol–water partition coefficient (Wildman–Crippen LogP) is 3.87. The van der Waals surface area contributed by atoms with Crippen molar-refractivity contribution in [2.75, 3.05) is 32.1 Å². The standard InChI is InChI=1S/C20H23BrN2O2/c1-22(14-16-13-17(21)7-8-19(16)25-2)11-10-20(24)23-12-9-15-5-3-4-6-18(15)23/h3-8,13H,9-12,14H2,1-2H3. The van der Waals surface area contributed by atoms with Crippen LogP contribution in [0, 0.1) is 0 Å². The third kappa shape index (κ3) is 4.22. The van der Waals surface area contributed by atoms with Crippen molar-refractivity contribution in [1.82, 2.24) is 4.90 Å². The maximum absolute atomic E-state index is 12.6. The molecular weight excluding hydrogens is 380 g/mol. The van der Waals surface area contributed by atoms with Crippen molar-refractivity contribution in [1.29, 1.82) is 0 Å². The van der Waals surface area contributed by atoms with Crippen molar-refractivity contribution in [2.45, 2.75) is 19.4 Å². The van der Waals surface area contributed by atoms with Crippen LogP contribution in [0.4, 0.5) is 5.69 Å². The SMILES string of the molecule is COc1ccc(Br)cc1CN(C)CCC(=O)N1CCc2ccccc21. The molecular formula is C20H23BrN2O2. The zero-order valence-corrected chi connectivity index (χ0v) is 16.3. The molecule has 0 saturated heterocycles. The number of halogens is 1. The smallest absolute Gasteiger partial charge is 0.228 e. The van der Waals surface area contributed by atoms with Gasteiger partial charge in [0.2, 0.25) is 5.91 Å². The molecule has 0 aromatic heterocycles. The first-order chi connectivity index (χ1) is 12.1. The van der Waals surface area contributed by atoms with E-state index in [1.807, 2.05) is 42.3 Å². The molecule has 3 rings (SSSR count). The van der Waals surface area contributed by atoms with E-state index in [0.717, 1.165) is 41.0 Å². The Hall–Kier alpha value is -1.85. The molecule has 2 aromatic rings. The average Bonchev–Trinajstić information content (AvgIpc) is 3.04. The van der Waals surface area contributed by atoms with E-state index in [9.17, 15) is 4.79 Å². The van der Waals surface area contributed by atoms with Gasteiger partial charge in [-0.1, -0.05) is 34.1 Å². The van der Waals surface area contributed by atoms with Gasteiger partial charge in [0.15, 0.2) is 0 Å². The van der Waals surface area contributed by atoms with Crippen LogP contribution in [0.15, 0.2) is 46.9 Å². The van der Waals surface area contributed by atoms with Gasteiger partial charge < -0.3 is 14.5 Å². The minimum Gasteiger partial charge on any atom is -0.496 e. The van der Waals surface area contributed by atoms with Gasteiger partial charge >= 0.3 is 0 Å². The summed E-state index contributed by atoms with van der Waals surface area (Å²) in [6.45, 7) is 2.25. The molecule has 1 heterocycles. The molecule has 0 radical (unpaired) electrons. The lowest BCUT2D eigenvalue weighted by molar-refractivity contribution is -0.118. The number of benzene rings is 2. The molecule has 132 valence electrons. The fourth-order valence-electron chi connectivity index (χ4n) is 3.26. The summed E-state index contributed by atoms with van der Waals surface area (Å²) in [5, 5.41) is 0. The average molecular weight is 403 g/mol. The van der Waals surface area contributed by atoms with Crippen LogP contribution in [0.1, 0.15) is 17.5 Å². The summed E-state index contributed by atoms with van der Waals surface area (Å²) in [7, 11) is 3.71. The minimum absolute atomic E-state index is 0.193. The van der Waals surface area contributed by atoms with Gasteiger partial charge in [-0.2, -0.15) is 0 Å². The molecule has 5 heteroatoms. The highest BCUT2D eigenvalue weighted by molar-refractivity contribution is 9.10. The van der Waals surface area contributed by atoms with Gasteiger partial charge in [-0.25, -0.2) is 0 Å². The van der Waals surface area contributed by atoms with Crippen LogP contribution in [-0.4, -0.2) is 38.1 Å². The fourth-order valence-corrected chi connectivity index (χ4v) is 3.67. The number of nitrogens with zero attached hydrogens (tertiary/aromatic N) is 2. The number of fused-ring (bicyclic) bond motifs is 1. The van der Waals surface area contributed by atoms with Crippen LogP contribution >= 0.6 is 15.9 Å². The van der Waals surface area contributed by atoms with Crippen LogP contribution in [0.5, 0.6) is 5.75 Å². The molecule has 0 N–H and O–H groups in total. The largest absolute Gasteiger partial charge is 0.496 e. The number of hydrogen-bond acceptors (Lipinski definition) is 3. The predicted molar refractivity (Wildman–Crippen MR) is 104 cm³/mol. The third-order valence-electron chi connectivity index (χ3n) is 4.58. The monoisotopic (exact) mass is 402 g/mol. The van der Waals surface area contributed by atoms with E-state index in [2.05, 4.69) is 33.0 Å². The fraction of sp³-hybridized carbons (Fsp3) is 0.350. The zero-order valence-electron chi connectivity index (χ0n) is 14.7. The summed E-state index contributed by atoms with van der Waals surface area (Å²) in [5.74, 6) is 1.06. The topological polar surface area (TPSA) is 32.8 Å². The highest BCUT2D eigenvalue weighted by Gasteiger charge is 2.23. The van der Waals surface area contributed by atoms with Crippen LogP contribution in [-0.2, 0) is 17.8 Å². The van der Waals surface area contributed by atoms with E-state index in [1.54, 1.807) is 7.11 Å². The van der Waals surface area contributed by atoms with Gasteiger partial charge in [-0.05, 0) is 43.3 Å². The van der Waals surface area contributed by atoms with Crippen LogP contribution in [0.25, 0.3) is 0 Å². The van der Waals surface area contributed by atoms with Crippen molar-refractivity contribution in [2.24, 2.45) is 0 Å². The lowest BCUT2D eigenvalue weighted by atomic mass is 10.2. The molecule has 4 nitrogen and oxygen atoms in total. The molecule has 1 aliphatic heterocycles. The summed E-state index contributed by atoms with van der Waals surface area (Å²) in [6.07, 6.45) is 1.47. The lowest BCUT2D eigenvalue weighted by Gasteiger charge is -2.21. The van der Waals surface area contributed by atoms with Crippen molar-refractivity contribution >= 4 is 27.5 Å². The van der Waals surface area contributed by atoms with E-state index in [-0.39, 0.29) is 5.91 Å². The lowest BCUT2D eigenvalue weighted by Crippen LogP contribution is -2.32. The molecule has 1 amide bonds. The molecule has 0 fully saturated rings. The van der Waals surface area contributed by atoms with Gasteiger partial charge in [-0.15, -0.1) is 0 Å². The number of ether oxygens (including phenoxy) is 1. The number of hydrogen-bond donors (Lipinski definition) is 0. The number of carbonyl (C=O) groups excluding carboxylic acids is 1. The normalized spacial score (nSPS) is 13.2. The highest BCUT2D eigenvalue weighted by Crippen LogP contribution is 2.28. The van der Waals surface area contributed by atoms with Crippen LogP contribution < -0.4 is 9.64 Å². The zero-order chi connectivity index (χ0) is 17.8. The Labute approximate surface area is 157 Å². The Bertz CT molecular complexity index is 763. The quantitative estimate of drug-likeness (QED) is 0.734. The number of carbonyl (C=O) groups is 1. The van der Waals surface area contributed by atoms with E-state index in [0.29, 0.717) is 13.0 Å². The second-order valence-corrected chi connectivity index (χ2v) is 7.28. The number of para-hydroxylation sites is 1. The molecule has 2 aromatic carbocycles. The van der Waals surface area contributed by atoms with Crippen LogP contribution in [0.3, 0.4) is 0 Å². The maximum Gasteiger partial charge on any atom is 0.228 e.